The van der Waals surface area contributed by atoms with Crippen LogP contribution in [-0.2, 0) is 28.6 Å². The maximum atomic E-state index is 12.0. The lowest BCUT2D eigenvalue weighted by molar-refractivity contribution is -0.170. The fraction of sp³-hybridized carbons (Fsp3) is 0.833. The third-order valence-corrected chi connectivity index (χ3v) is 10.8. The topological polar surface area (TPSA) is 78.9 Å². The van der Waals surface area contributed by atoms with Crippen LogP contribution in [0.5, 0.6) is 0 Å². The lowest BCUT2D eigenvalue weighted by atomic mass is 9.46. The van der Waals surface area contributed by atoms with Gasteiger partial charge in [-0.1, -0.05) is 26.8 Å². The molecule has 0 spiro atoms. The van der Waals surface area contributed by atoms with E-state index in [4.69, 9.17) is 14.2 Å². The van der Waals surface area contributed by atoms with Gasteiger partial charge in [0.05, 0.1) is 7.11 Å². The average molecular weight is 503 g/mol. The van der Waals surface area contributed by atoms with Crippen molar-refractivity contribution in [1.82, 2.24) is 0 Å². The molecule has 6 nitrogen and oxygen atoms in total. The number of rotatable bonds is 7. The Morgan fingerprint density at radius 3 is 2.39 bits per heavy atom. The van der Waals surface area contributed by atoms with Gasteiger partial charge in [0, 0.05) is 20.3 Å². The van der Waals surface area contributed by atoms with Gasteiger partial charge in [-0.25, -0.2) is 0 Å². The van der Waals surface area contributed by atoms with Crippen molar-refractivity contribution in [1.29, 1.82) is 0 Å². The maximum absolute atomic E-state index is 12.0. The number of carbonyl (C=O) groups excluding carboxylic acids is 3. The first-order valence-electron chi connectivity index (χ1n) is 14.1. The Hall–Kier alpha value is -1.85. The van der Waals surface area contributed by atoms with Crippen LogP contribution in [0, 0.1) is 40.4 Å². The van der Waals surface area contributed by atoms with Crippen molar-refractivity contribution in [3.8, 4) is 0 Å². The van der Waals surface area contributed by atoms with Gasteiger partial charge in [-0.2, -0.15) is 0 Å². The van der Waals surface area contributed by atoms with Crippen molar-refractivity contribution in [3.63, 3.8) is 0 Å². The Kier molecular flexibility index (Phi) is 7.92. The summed E-state index contributed by atoms with van der Waals surface area (Å²) in [7, 11) is 1.47. The number of allylic oxidation sites excluding steroid dienone is 1. The van der Waals surface area contributed by atoms with Crippen LogP contribution in [0.4, 0.5) is 0 Å². The number of carbonyl (C=O) groups is 3. The molecular formula is C30H46O6. The summed E-state index contributed by atoms with van der Waals surface area (Å²) in [5.74, 6) is 2.49. The van der Waals surface area contributed by atoms with Gasteiger partial charge in [0.1, 0.15) is 6.10 Å². The van der Waals surface area contributed by atoms with Crippen LogP contribution in [-0.4, -0.2) is 37.2 Å². The van der Waals surface area contributed by atoms with Crippen molar-refractivity contribution in [3.05, 3.63) is 11.6 Å². The standard InChI is InChI=1S/C30H46O6/c1-18(8-7-9-27(33)34-6)22-12-13-23-21-10-11-25-28(36-20(3)32)26(35-19(2)31)15-17-30(25,5)24(21)14-16-29(22,23)4/h11,18,21-24,26,28H,7-10,12-17H2,1-6H3/t18-,21+,22-,23+,24+,26+,28-,29-,30-/m1/s1. The van der Waals surface area contributed by atoms with E-state index in [0.29, 0.717) is 41.4 Å². The first kappa shape index (κ1) is 27.2. The lowest BCUT2D eigenvalue weighted by Gasteiger charge is -2.59. The Morgan fingerprint density at radius 2 is 1.72 bits per heavy atom. The van der Waals surface area contributed by atoms with Gasteiger partial charge < -0.3 is 14.2 Å². The molecule has 0 aromatic carbocycles. The van der Waals surface area contributed by atoms with Crippen LogP contribution in [0.3, 0.4) is 0 Å². The second-order valence-electron chi connectivity index (χ2n) is 12.6. The van der Waals surface area contributed by atoms with Gasteiger partial charge in [0.25, 0.3) is 0 Å². The number of ether oxygens (including phenoxy) is 3. The van der Waals surface area contributed by atoms with E-state index in [9.17, 15) is 14.4 Å². The number of fused-ring (bicyclic) bond motifs is 5. The van der Waals surface area contributed by atoms with Gasteiger partial charge in [0.2, 0.25) is 0 Å². The van der Waals surface area contributed by atoms with E-state index in [0.717, 1.165) is 32.1 Å². The zero-order valence-electron chi connectivity index (χ0n) is 23.1. The predicted octanol–water partition coefficient (Wildman–Crippen LogP) is 6.02. The Balaban J connectivity index is 1.53. The molecule has 0 aliphatic heterocycles. The van der Waals surface area contributed by atoms with E-state index in [1.807, 2.05) is 0 Å². The molecule has 0 heterocycles. The molecule has 4 rings (SSSR count). The van der Waals surface area contributed by atoms with Crippen LogP contribution < -0.4 is 0 Å². The molecule has 4 aliphatic carbocycles. The van der Waals surface area contributed by atoms with Gasteiger partial charge in [0.15, 0.2) is 6.10 Å². The van der Waals surface area contributed by atoms with Gasteiger partial charge in [-0.3, -0.25) is 14.4 Å². The quantitative estimate of drug-likeness (QED) is 0.241. The van der Waals surface area contributed by atoms with Crippen LogP contribution in [0.15, 0.2) is 11.6 Å². The first-order chi connectivity index (χ1) is 17.0. The molecule has 0 saturated heterocycles. The molecule has 6 heteroatoms. The maximum Gasteiger partial charge on any atom is 0.305 e. The summed E-state index contributed by atoms with van der Waals surface area (Å²) in [6.07, 6.45) is 11.7. The molecule has 202 valence electrons. The predicted molar refractivity (Wildman–Crippen MR) is 137 cm³/mol. The van der Waals surface area contributed by atoms with E-state index in [-0.39, 0.29) is 23.3 Å². The Morgan fingerprint density at radius 1 is 1.00 bits per heavy atom. The molecule has 0 unspecified atom stereocenters. The molecule has 0 aromatic heterocycles. The smallest absolute Gasteiger partial charge is 0.305 e. The highest BCUT2D eigenvalue weighted by Gasteiger charge is 2.60. The molecule has 0 aromatic rings. The minimum absolute atomic E-state index is 0.0226. The third-order valence-electron chi connectivity index (χ3n) is 10.8. The number of hydrogen-bond acceptors (Lipinski definition) is 6. The highest BCUT2D eigenvalue weighted by Crippen LogP contribution is 2.67. The number of hydrogen-bond donors (Lipinski definition) is 0. The molecule has 0 radical (unpaired) electrons. The molecule has 0 N–H and O–H groups in total. The van der Waals surface area contributed by atoms with Gasteiger partial charge >= 0.3 is 17.9 Å². The summed E-state index contributed by atoms with van der Waals surface area (Å²) in [5.41, 5.74) is 1.51. The summed E-state index contributed by atoms with van der Waals surface area (Å²) in [6.45, 7) is 10.2. The second kappa shape index (κ2) is 10.5. The summed E-state index contributed by atoms with van der Waals surface area (Å²) < 4.78 is 16.3. The summed E-state index contributed by atoms with van der Waals surface area (Å²) >= 11 is 0. The second-order valence-corrected chi connectivity index (χ2v) is 12.6. The number of methoxy groups -OCH3 is 1. The highest BCUT2D eigenvalue weighted by molar-refractivity contribution is 5.69. The van der Waals surface area contributed by atoms with E-state index < -0.39 is 12.2 Å². The Labute approximate surface area is 216 Å². The van der Waals surface area contributed by atoms with Crippen LogP contribution in [0.1, 0.15) is 98.8 Å². The molecule has 36 heavy (non-hydrogen) atoms. The fourth-order valence-electron chi connectivity index (χ4n) is 9.18. The van der Waals surface area contributed by atoms with E-state index in [1.54, 1.807) is 0 Å². The van der Waals surface area contributed by atoms with Crippen molar-refractivity contribution in [2.24, 2.45) is 40.4 Å². The zero-order chi connectivity index (χ0) is 26.3. The highest BCUT2D eigenvalue weighted by atomic mass is 16.6. The van der Waals surface area contributed by atoms with E-state index in [1.165, 1.54) is 52.2 Å². The third kappa shape index (κ3) is 4.86. The van der Waals surface area contributed by atoms with Gasteiger partial charge in [-0.05, 0) is 104 Å². The normalized spacial score (nSPS) is 40.1. The average Bonchev–Trinajstić information content (AvgIpc) is 3.17. The molecule has 3 fully saturated rings. The lowest BCUT2D eigenvalue weighted by Crippen LogP contribution is -2.55. The van der Waals surface area contributed by atoms with Gasteiger partial charge in [-0.15, -0.1) is 0 Å². The van der Waals surface area contributed by atoms with Crippen molar-refractivity contribution in [2.75, 3.05) is 7.11 Å². The largest absolute Gasteiger partial charge is 0.469 e. The minimum atomic E-state index is -0.467. The Bertz CT molecular complexity index is 894. The monoisotopic (exact) mass is 502 g/mol. The van der Waals surface area contributed by atoms with Crippen molar-refractivity contribution < 1.29 is 28.6 Å². The summed E-state index contributed by atoms with van der Waals surface area (Å²) in [6, 6.07) is 0. The minimum Gasteiger partial charge on any atom is -0.469 e. The SMILES string of the molecule is COC(=O)CCC[C@@H](C)[C@H]1CC[C@H]2[C@@H]3CC=C4[C@@H](OC(C)=O)[C@@H](OC(C)=O)CC[C@]4(C)[C@H]3CC[C@]12C. The zero-order valence-corrected chi connectivity index (χ0v) is 23.1. The number of esters is 3. The molecule has 0 amide bonds. The van der Waals surface area contributed by atoms with Crippen molar-refractivity contribution in [2.45, 2.75) is 111 Å². The summed E-state index contributed by atoms with van der Waals surface area (Å²) in [5, 5.41) is 0. The molecule has 0 bridgehead atoms. The van der Waals surface area contributed by atoms with E-state index >= 15 is 0 Å². The summed E-state index contributed by atoms with van der Waals surface area (Å²) in [4.78, 5) is 35.4. The molecule has 4 aliphatic rings. The molecule has 9 atom stereocenters. The fourth-order valence-corrected chi connectivity index (χ4v) is 9.18. The molecule has 3 saturated carbocycles. The van der Waals surface area contributed by atoms with E-state index in [2.05, 4.69) is 26.8 Å². The van der Waals surface area contributed by atoms with Crippen molar-refractivity contribution >= 4 is 17.9 Å². The molecular weight excluding hydrogens is 456 g/mol. The van der Waals surface area contributed by atoms with Crippen LogP contribution >= 0.6 is 0 Å². The first-order valence-corrected chi connectivity index (χ1v) is 14.1. The van der Waals surface area contributed by atoms with Crippen LogP contribution in [0.2, 0.25) is 0 Å². The van der Waals surface area contributed by atoms with Crippen LogP contribution in [0.25, 0.3) is 0 Å².